The number of nitrogens with one attached hydrogen (secondary N) is 2. The summed E-state index contributed by atoms with van der Waals surface area (Å²) in [6.45, 7) is 4.24. The van der Waals surface area contributed by atoms with Crippen molar-refractivity contribution in [2.45, 2.75) is 11.8 Å². The molecule has 0 heterocycles. The van der Waals surface area contributed by atoms with E-state index in [1.54, 1.807) is 36.4 Å². The molecular formula is C18H22N2O4S. The monoisotopic (exact) mass is 362 g/mol. The largest absolute Gasteiger partial charge is 0.492 e. The summed E-state index contributed by atoms with van der Waals surface area (Å²) in [6, 6.07) is 13.1. The molecule has 0 atom stereocenters. The fraction of sp³-hybridized carbons (Fsp3) is 0.278. The van der Waals surface area contributed by atoms with E-state index in [1.807, 2.05) is 6.92 Å². The van der Waals surface area contributed by atoms with Crippen LogP contribution >= 0.6 is 0 Å². The number of likely N-dealkylation sites (N-methyl/N-ethyl adjacent to an activating group) is 1. The van der Waals surface area contributed by atoms with Crippen molar-refractivity contribution in [2.24, 2.45) is 0 Å². The molecule has 0 unspecified atom stereocenters. The minimum Gasteiger partial charge on any atom is -0.492 e. The zero-order valence-corrected chi connectivity index (χ0v) is 15.1. The Labute approximate surface area is 148 Å². The van der Waals surface area contributed by atoms with E-state index in [0.29, 0.717) is 18.0 Å². The van der Waals surface area contributed by atoms with Gasteiger partial charge in [-0.05, 0) is 42.9 Å². The highest BCUT2D eigenvalue weighted by molar-refractivity contribution is 7.90. The Hall–Kier alpha value is -2.38. The maximum Gasteiger partial charge on any atom is 0.256 e. The molecule has 0 spiro atoms. The molecule has 2 N–H and O–H groups in total. The lowest BCUT2D eigenvalue weighted by Crippen LogP contribution is -2.20. The predicted molar refractivity (Wildman–Crippen MR) is 98.0 cm³/mol. The smallest absolute Gasteiger partial charge is 0.256 e. The Morgan fingerprint density at radius 2 is 1.76 bits per heavy atom. The second-order valence-electron chi connectivity index (χ2n) is 5.45. The molecule has 0 aliphatic rings. The minimum absolute atomic E-state index is 0.0101. The summed E-state index contributed by atoms with van der Waals surface area (Å²) in [5, 5.41) is 5.86. The quantitative estimate of drug-likeness (QED) is 0.704. The standard InChI is InChI=1S/C18H22N2O4S/c1-3-19-12-13-24-15-10-8-14(9-11-15)20-18(21)16-6-4-5-7-17(16)25(2,22)23/h4-11,19H,3,12-13H2,1-2H3,(H,20,21). The van der Waals surface area contributed by atoms with Gasteiger partial charge in [-0.3, -0.25) is 4.79 Å². The molecule has 7 heteroatoms. The number of anilines is 1. The number of carbonyl (C=O) groups excluding carboxylic acids is 1. The van der Waals surface area contributed by atoms with Gasteiger partial charge in [0.1, 0.15) is 12.4 Å². The van der Waals surface area contributed by atoms with Crippen LogP contribution in [0, 0.1) is 0 Å². The summed E-state index contributed by atoms with van der Waals surface area (Å²) >= 11 is 0. The summed E-state index contributed by atoms with van der Waals surface area (Å²) in [6.07, 6.45) is 1.08. The topological polar surface area (TPSA) is 84.5 Å². The van der Waals surface area contributed by atoms with Crippen molar-refractivity contribution >= 4 is 21.4 Å². The van der Waals surface area contributed by atoms with E-state index in [0.717, 1.165) is 19.3 Å². The molecule has 25 heavy (non-hydrogen) atoms. The molecule has 6 nitrogen and oxygen atoms in total. The zero-order chi connectivity index (χ0) is 18.3. The lowest BCUT2D eigenvalue weighted by atomic mass is 10.2. The van der Waals surface area contributed by atoms with Crippen LogP contribution < -0.4 is 15.4 Å². The SMILES string of the molecule is CCNCCOc1ccc(NC(=O)c2ccccc2S(C)(=O)=O)cc1. The highest BCUT2D eigenvalue weighted by Crippen LogP contribution is 2.19. The van der Waals surface area contributed by atoms with Gasteiger partial charge in [-0.1, -0.05) is 19.1 Å². The van der Waals surface area contributed by atoms with Gasteiger partial charge in [0.2, 0.25) is 0 Å². The number of sulfone groups is 1. The van der Waals surface area contributed by atoms with Crippen molar-refractivity contribution in [1.29, 1.82) is 0 Å². The first kappa shape index (κ1) is 19.0. The first-order valence-corrected chi connectivity index (χ1v) is 9.85. The molecule has 1 amide bonds. The van der Waals surface area contributed by atoms with Gasteiger partial charge in [-0.15, -0.1) is 0 Å². The first-order chi connectivity index (χ1) is 11.9. The first-order valence-electron chi connectivity index (χ1n) is 7.96. The maximum absolute atomic E-state index is 12.4. The predicted octanol–water partition coefficient (Wildman–Crippen LogP) is 2.33. The summed E-state index contributed by atoms with van der Waals surface area (Å²) in [5.41, 5.74) is 0.684. The summed E-state index contributed by atoms with van der Waals surface area (Å²) in [7, 11) is -3.48. The van der Waals surface area contributed by atoms with Gasteiger partial charge >= 0.3 is 0 Å². The summed E-state index contributed by atoms with van der Waals surface area (Å²) in [5.74, 6) is 0.231. The number of carbonyl (C=O) groups is 1. The third kappa shape index (κ3) is 5.58. The number of hydrogen-bond acceptors (Lipinski definition) is 5. The fourth-order valence-electron chi connectivity index (χ4n) is 2.23. The molecule has 0 aliphatic carbocycles. The number of amides is 1. The van der Waals surface area contributed by atoms with Gasteiger partial charge in [-0.2, -0.15) is 0 Å². The molecular weight excluding hydrogens is 340 g/mol. The van der Waals surface area contributed by atoms with E-state index in [-0.39, 0.29) is 10.5 Å². The zero-order valence-electron chi connectivity index (χ0n) is 14.3. The summed E-state index contributed by atoms with van der Waals surface area (Å²) in [4.78, 5) is 12.4. The Balaban J connectivity index is 2.04. The Kier molecular flexibility index (Phi) is 6.55. The van der Waals surface area contributed by atoms with Crippen molar-refractivity contribution in [2.75, 3.05) is 31.3 Å². The van der Waals surface area contributed by atoms with Crippen molar-refractivity contribution < 1.29 is 17.9 Å². The van der Waals surface area contributed by atoms with E-state index >= 15 is 0 Å². The second-order valence-corrected chi connectivity index (χ2v) is 7.43. The highest BCUT2D eigenvalue weighted by atomic mass is 32.2. The van der Waals surface area contributed by atoms with Crippen LogP contribution in [0.1, 0.15) is 17.3 Å². The van der Waals surface area contributed by atoms with Crippen LogP contribution in [0.25, 0.3) is 0 Å². The molecule has 0 radical (unpaired) electrons. The number of benzene rings is 2. The third-order valence-corrected chi connectivity index (χ3v) is 4.60. The van der Waals surface area contributed by atoms with Crippen LogP contribution in [0.3, 0.4) is 0 Å². The Morgan fingerprint density at radius 3 is 2.40 bits per heavy atom. The second kappa shape index (κ2) is 8.64. The Morgan fingerprint density at radius 1 is 1.08 bits per heavy atom. The average molecular weight is 362 g/mol. The molecule has 134 valence electrons. The van der Waals surface area contributed by atoms with E-state index in [4.69, 9.17) is 4.74 Å². The normalized spacial score (nSPS) is 11.1. The molecule has 0 aliphatic heterocycles. The van der Waals surface area contributed by atoms with Crippen molar-refractivity contribution in [3.05, 3.63) is 54.1 Å². The highest BCUT2D eigenvalue weighted by Gasteiger charge is 2.18. The molecule has 0 fully saturated rings. The van der Waals surface area contributed by atoms with Gasteiger partial charge in [0, 0.05) is 18.5 Å². The van der Waals surface area contributed by atoms with Crippen LogP contribution in [0.5, 0.6) is 5.75 Å². The molecule has 2 rings (SSSR count). The van der Waals surface area contributed by atoms with Crippen LogP contribution in [-0.4, -0.2) is 40.3 Å². The van der Waals surface area contributed by atoms with E-state index in [2.05, 4.69) is 10.6 Å². The molecule has 0 saturated heterocycles. The average Bonchev–Trinajstić information content (AvgIpc) is 2.59. The Bertz CT molecular complexity index is 817. The third-order valence-electron chi connectivity index (χ3n) is 3.44. The van der Waals surface area contributed by atoms with Crippen LogP contribution in [0.4, 0.5) is 5.69 Å². The number of ether oxygens (including phenoxy) is 1. The van der Waals surface area contributed by atoms with Crippen LogP contribution in [-0.2, 0) is 9.84 Å². The maximum atomic E-state index is 12.4. The molecule has 2 aromatic carbocycles. The molecule has 2 aromatic rings. The lowest BCUT2D eigenvalue weighted by molar-refractivity contribution is 0.102. The summed E-state index contributed by atoms with van der Waals surface area (Å²) < 4.78 is 29.2. The van der Waals surface area contributed by atoms with Gasteiger partial charge in [0.05, 0.1) is 10.5 Å². The van der Waals surface area contributed by atoms with Crippen molar-refractivity contribution in [3.63, 3.8) is 0 Å². The lowest BCUT2D eigenvalue weighted by Gasteiger charge is -2.10. The van der Waals surface area contributed by atoms with Crippen LogP contribution in [0.2, 0.25) is 0 Å². The van der Waals surface area contributed by atoms with E-state index in [1.165, 1.54) is 12.1 Å². The van der Waals surface area contributed by atoms with Gasteiger partial charge in [0.25, 0.3) is 5.91 Å². The van der Waals surface area contributed by atoms with Gasteiger partial charge < -0.3 is 15.4 Å². The molecule has 0 bridgehead atoms. The van der Waals surface area contributed by atoms with Gasteiger partial charge in [0.15, 0.2) is 9.84 Å². The molecule has 0 aromatic heterocycles. The molecule has 0 saturated carbocycles. The van der Waals surface area contributed by atoms with Crippen molar-refractivity contribution in [3.8, 4) is 5.75 Å². The van der Waals surface area contributed by atoms with E-state index < -0.39 is 15.7 Å². The van der Waals surface area contributed by atoms with Crippen LogP contribution in [0.15, 0.2) is 53.4 Å². The minimum atomic E-state index is -3.48. The van der Waals surface area contributed by atoms with Gasteiger partial charge in [-0.25, -0.2) is 8.42 Å². The fourth-order valence-corrected chi connectivity index (χ4v) is 3.11. The number of hydrogen-bond donors (Lipinski definition) is 2. The number of rotatable bonds is 8. The van der Waals surface area contributed by atoms with Crippen molar-refractivity contribution in [1.82, 2.24) is 5.32 Å². The van der Waals surface area contributed by atoms with E-state index in [9.17, 15) is 13.2 Å².